The van der Waals surface area contributed by atoms with Crippen molar-refractivity contribution in [3.8, 4) is 17.6 Å². The first-order valence-electron chi connectivity index (χ1n) is 10.2. The number of ether oxygens (including phenoxy) is 2. The van der Waals surface area contributed by atoms with Gasteiger partial charge in [0.1, 0.15) is 36.4 Å². The Morgan fingerprint density at radius 2 is 1.68 bits per heavy atom. The van der Waals surface area contributed by atoms with Gasteiger partial charge in [-0.15, -0.1) is 0 Å². The van der Waals surface area contributed by atoms with E-state index in [9.17, 15) is 18.5 Å². The number of nitrogens with one attached hydrogen (secondary N) is 1. The maximum absolute atomic E-state index is 12.4. The Bertz CT molecular complexity index is 1310. The average molecular weight is 499 g/mol. The first-order chi connectivity index (χ1) is 16.3. The molecule has 34 heavy (non-hydrogen) atoms. The molecule has 0 spiro atoms. The Balaban J connectivity index is 1.54. The molecule has 1 amide bonds. The van der Waals surface area contributed by atoms with Crippen LogP contribution in [-0.2, 0) is 14.6 Å². The molecule has 9 nitrogen and oxygen atoms in total. The summed E-state index contributed by atoms with van der Waals surface area (Å²) in [6, 6.07) is 16.4. The summed E-state index contributed by atoms with van der Waals surface area (Å²) < 4.78 is 38.6. The van der Waals surface area contributed by atoms with E-state index in [0.29, 0.717) is 24.5 Å². The van der Waals surface area contributed by atoms with Crippen molar-refractivity contribution in [3.63, 3.8) is 0 Å². The fourth-order valence-corrected chi connectivity index (χ4v) is 4.19. The second kappa shape index (κ2) is 11.4. The van der Waals surface area contributed by atoms with Gasteiger partial charge >= 0.3 is 0 Å². The lowest BCUT2D eigenvalue weighted by atomic mass is 10.1. The molecule has 3 rings (SSSR count). The number of hydrogen-bond acceptors (Lipinski definition) is 9. The van der Waals surface area contributed by atoms with Gasteiger partial charge in [0.15, 0.2) is 0 Å². The highest BCUT2D eigenvalue weighted by Crippen LogP contribution is 2.18. The third-order valence-electron chi connectivity index (χ3n) is 4.48. The number of anilines is 1. The average Bonchev–Trinajstić information content (AvgIpc) is 3.31. The van der Waals surface area contributed by atoms with Gasteiger partial charge in [-0.1, -0.05) is 36.8 Å². The van der Waals surface area contributed by atoms with Gasteiger partial charge in [-0.05, 0) is 42.8 Å². The molecule has 0 saturated carbocycles. The molecule has 2 aromatic carbocycles. The van der Waals surface area contributed by atoms with Crippen LogP contribution in [0.1, 0.15) is 18.1 Å². The summed E-state index contributed by atoms with van der Waals surface area (Å²) >= 11 is 0.729. The summed E-state index contributed by atoms with van der Waals surface area (Å²) in [7, 11) is -3.58. The van der Waals surface area contributed by atoms with E-state index >= 15 is 0 Å². The summed E-state index contributed by atoms with van der Waals surface area (Å²) in [6.07, 6.45) is 1.41. The predicted octanol–water partition coefficient (Wildman–Crippen LogP) is 3.64. The van der Waals surface area contributed by atoms with E-state index in [2.05, 4.69) is 14.7 Å². The summed E-state index contributed by atoms with van der Waals surface area (Å²) in [5.41, 5.74) is 1.60. The second-order valence-electron chi connectivity index (χ2n) is 6.99. The molecule has 0 fully saturated rings. The summed E-state index contributed by atoms with van der Waals surface area (Å²) in [5, 5.41) is 11.4. The van der Waals surface area contributed by atoms with Gasteiger partial charge in [0.05, 0.1) is 5.75 Å². The number of amides is 1. The summed E-state index contributed by atoms with van der Waals surface area (Å²) in [6.45, 7) is 4.22. The lowest BCUT2D eigenvalue weighted by molar-refractivity contribution is -0.112. The van der Waals surface area contributed by atoms with Crippen molar-refractivity contribution in [3.05, 3.63) is 65.2 Å². The van der Waals surface area contributed by atoms with E-state index in [-0.39, 0.29) is 21.6 Å². The van der Waals surface area contributed by atoms with E-state index < -0.39 is 15.7 Å². The van der Waals surface area contributed by atoms with E-state index in [4.69, 9.17) is 9.47 Å². The number of carbonyl (C=O) groups is 1. The Morgan fingerprint density at radius 3 is 2.24 bits per heavy atom. The highest BCUT2D eigenvalue weighted by Gasteiger charge is 2.20. The van der Waals surface area contributed by atoms with Crippen molar-refractivity contribution in [1.29, 1.82) is 5.26 Å². The minimum Gasteiger partial charge on any atom is -0.490 e. The maximum Gasteiger partial charge on any atom is 0.268 e. The van der Waals surface area contributed by atoms with Crippen LogP contribution in [0.3, 0.4) is 0 Å². The Morgan fingerprint density at radius 1 is 1.09 bits per heavy atom. The van der Waals surface area contributed by atoms with E-state index in [1.165, 1.54) is 13.0 Å². The largest absolute Gasteiger partial charge is 0.490 e. The SMILES string of the molecule is CCS(=O)(=O)c1nsc(NC(=O)/C(C#N)=C\c2ccc(OCCOc3ccc(C)cc3)cc2)n1. The third kappa shape index (κ3) is 6.87. The monoisotopic (exact) mass is 498 g/mol. The van der Waals surface area contributed by atoms with Gasteiger partial charge in [-0.25, -0.2) is 8.42 Å². The van der Waals surface area contributed by atoms with Crippen LogP contribution in [0.4, 0.5) is 5.13 Å². The predicted molar refractivity (Wildman–Crippen MR) is 128 cm³/mol. The second-order valence-corrected chi connectivity index (χ2v) is 9.91. The van der Waals surface area contributed by atoms with Crippen molar-refractivity contribution in [1.82, 2.24) is 9.36 Å². The Labute approximate surface area is 201 Å². The van der Waals surface area contributed by atoms with Crippen LogP contribution < -0.4 is 14.8 Å². The molecule has 176 valence electrons. The Hall–Kier alpha value is -3.75. The number of aromatic nitrogens is 2. The zero-order valence-corrected chi connectivity index (χ0v) is 20.1. The number of nitriles is 1. The van der Waals surface area contributed by atoms with Gasteiger partial charge in [0.2, 0.25) is 15.0 Å². The molecule has 0 bridgehead atoms. The topological polar surface area (TPSA) is 131 Å². The van der Waals surface area contributed by atoms with Gasteiger partial charge in [0.25, 0.3) is 11.1 Å². The number of rotatable bonds is 10. The fourth-order valence-electron chi connectivity index (χ4n) is 2.61. The minimum atomic E-state index is -3.58. The molecule has 0 saturated heterocycles. The van der Waals surface area contributed by atoms with E-state index in [1.807, 2.05) is 37.3 Å². The Kier molecular flexibility index (Phi) is 8.34. The van der Waals surface area contributed by atoms with Crippen LogP contribution in [0, 0.1) is 18.3 Å². The van der Waals surface area contributed by atoms with Crippen LogP contribution in [0.2, 0.25) is 0 Å². The van der Waals surface area contributed by atoms with Crippen molar-refractivity contribution in [2.24, 2.45) is 0 Å². The third-order valence-corrected chi connectivity index (χ3v) is 6.73. The summed E-state index contributed by atoms with van der Waals surface area (Å²) in [5.74, 6) is 0.521. The van der Waals surface area contributed by atoms with Crippen LogP contribution in [0.15, 0.2) is 59.3 Å². The van der Waals surface area contributed by atoms with Crippen molar-refractivity contribution in [2.45, 2.75) is 19.0 Å². The van der Waals surface area contributed by atoms with E-state index in [0.717, 1.165) is 22.8 Å². The normalized spacial score (nSPS) is 11.5. The van der Waals surface area contributed by atoms with Crippen molar-refractivity contribution < 1.29 is 22.7 Å². The zero-order chi connectivity index (χ0) is 24.6. The molecule has 3 aromatic rings. The van der Waals surface area contributed by atoms with Crippen molar-refractivity contribution in [2.75, 3.05) is 24.3 Å². The number of nitrogens with zero attached hydrogens (tertiary/aromatic N) is 3. The molecule has 0 radical (unpaired) electrons. The standard InChI is InChI=1S/C23H22N4O5S2/c1-3-34(29,30)23-26-22(33-27-23)25-21(28)18(15-24)14-17-6-10-20(11-7-17)32-13-12-31-19-8-4-16(2)5-9-19/h4-11,14H,3,12-13H2,1-2H3,(H,25,26,27,28)/b18-14-. The number of sulfone groups is 1. The molecule has 0 unspecified atom stereocenters. The molecule has 0 aliphatic carbocycles. The van der Waals surface area contributed by atoms with E-state index in [1.54, 1.807) is 24.3 Å². The highest BCUT2D eigenvalue weighted by molar-refractivity contribution is 7.91. The van der Waals surface area contributed by atoms with Gasteiger partial charge in [-0.3, -0.25) is 10.1 Å². The molecular formula is C23H22N4O5S2. The number of hydrogen-bond donors (Lipinski definition) is 1. The molecule has 1 N–H and O–H groups in total. The van der Waals surface area contributed by atoms with Crippen LogP contribution in [-0.4, -0.2) is 42.6 Å². The van der Waals surface area contributed by atoms with Gasteiger partial charge in [-0.2, -0.15) is 14.6 Å². The molecule has 11 heteroatoms. The molecule has 1 aromatic heterocycles. The molecule has 0 aliphatic heterocycles. The number of benzene rings is 2. The first kappa shape index (κ1) is 24.9. The molecule has 0 atom stereocenters. The lowest BCUT2D eigenvalue weighted by Crippen LogP contribution is -2.13. The smallest absolute Gasteiger partial charge is 0.268 e. The minimum absolute atomic E-state index is 0.00483. The molecular weight excluding hydrogens is 476 g/mol. The zero-order valence-electron chi connectivity index (χ0n) is 18.5. The molecule has 1 heterocycles. The van der Waals surface area contributed by atoms with Gasteiger partial charge < -0.3 is 9.47 Å². The quantitative estimate of drug-likeness (QED) is 0.255. The summed E-state index contributed by atoms with van der Waals surface area (Å²) in [4.78, 5) is 16.2. The first-order valence-corrected chi connectivity index (χ1v) is 12.6. The lowest BCUT2D eigenvalue weighted by Gasteiger charge is -2.09. The van der Waals surface area contributed by atoms with Crippen LogP contribution in [0.25, 0.3) is 6.08 Å². The van der Waals surface area contributed by atoms with Crippen LogP contribution >= 0.6 is 11.5 Å². The fraction of sp³-hybridized carbons (Fsp3) is 0.217. The molecule has 0 aliphatic rings. The maximum atomic E-state index is 12.4. The van der Waals surface area contributed by atoms with Crippen molar-refractivity contribution >= 4 is 38.5 Å². The van der Waals surface area contributed by atoms with Gasteiger partial charge in [0, 0.05) is 11.5 Å². The highest BCUT2D eigenvalue weighted by atomic mass is 32.2. The number of carbonyl (C=O) groups excluding carboxylic acids is 1. The van der Waals surface area contributed by atoms with Crippen LogP contribution in [0.5, 0.6) is 11.5 Å². The number of aryl methyl sites for hydroxylation is 1.